The van der Waals surface area contributed by atoms with Crippen LogP contribution in [0.3, 0.4) is 0 Å². The van der Waals surface area contributed by atoms with Crippen molar-refractivity contribution in [2.24, 2.45) is 0 Å². The highest BCUT2D eigenvalue weighted by Gasteiger charge is 2.64. The third-order valence-electron chi connectivity index (χ3n) is 4.50. The molecule has 2 rings (SSSR count). The van der Waals surface area contributed by atoms with Crippen LogP contribution in [0.15, 0.2) is 42.0 Å². The van der Waals surface area contributed by atoms with Gasteiger partial charge in [0.05, 0.1) is 13.5 Å². The van der Waals surface area contributed by atoms with E-state index in [1.54, 1.807) is 12.1 Å². The maximum atomic E-state index is 13.8. The van der Waals surface area contributed by atoms with Gasteiger partial charge in [-0.2, -0.15) is 13.2 Å². The van der Waals surface area contributed by atoms with Crippen LogP contribution in [0.5, 0.6) is 0 Å². The van der Waals surface area contributed by atoms with Crippen molar-refractivity contribution in [1.29, 1.82) is 0 Å². The molecule has 148 valence electrons. The zero-order valence-corrected chi connectivity index (χ0v) is 15.0. The fourth-order valence-corrected chi connectivity index (χ4v) is 3.01. The largest absolute Gasteiger partial charge is 0.469 e. The molecule has 0 heterocycles. The molecule has 0 aliphatic heterocycles. The third kappa shape index (κ3) is 4.50. The highest BCUT2D eigenvalue weighted by atomic mass is 19.4. The van der Waals surface area contributed by atoms with Crippen molar-refractivity contribution in [3.05, 3.63) is 47.5 Å². The van der Waals surface area contributed by atoms with Crippen molar-refractivity contribution in [3.63, 3.8) is 0 Å². The van der Waals surface area contributed by atoms with Gasteiger partial charge in [0.15, 0.2) is 0 Å². The van der Waals surface area contributed by atoms with Crippen molar-refractivity contribution < 1.29 is 37.0 Å². The van der Waals surface area contributed by atoms with Gasteiger partial charge in [-0.25, -0.2) is 4.79 Å². The van der Waals surface area contributed by atoms with Crippen LogP contribution in [-0.4, -0.2) is 38.4 Å². The molecule has 1 aliphatic rings. The van der Waals surface area contributed by atoms with E-state index >= 15 is 0 Å². The smallest absolute Gasteiger partial charge is 0.432 e. The normalized spacial score (nSPS) is 19.6. The molecule has 0 unspecified atom stereocenters. The Balaban J connectivity index is 2.18. The molecule has 0 radical (unpaired) electrons. The summed E-state index contributed by atoms with van der Waals surface area (Å²) in [5, 5.41) is 0. The summed E-state index contributed by atoms with van der Waals surface area (Å²) in [5.41, 5.74) is -2.72. The van der Waals surface area contributed by atoms with Crippen LogP contribution in [0.1, 0.15) is 31.2 Å². The van der Waals surface area contributed by atoms with Crippen molar-refractivity contribution in [3.8, 4) is 0 Å². The Kier molecular flexibility index (Phi) is 6.64. The van der Waals surface area contributed by atoms with Gasteiger partial charge in [0.1, 0.15) is 6.10 Å². The summed E-state index contributed by atoms with van der Waals surface area (Å²) < 4.78 is 55.9. The van der Waals surface area contributed by atoms with E-state index < -0.39 is 29.8 Å². The number of benzene rings is 1. The number of esters is 2. The summed E-state index contributed by atoms with van der Waals surface area (Å²) in [5.74, 6) is -1.89. The fourth-order valence-electron chi connectivity index (χ4n) is 3.01. The number of rotatable bonds is 6. The second kappa shape index (κ2) is 8.56. The standard InChI is InChI=1S/C19H21F3O5/c1-25-16(23)12-13-8-10-15(11-9-13)27-17(24)18(26-2,19(20,21)22)14-6-4-3-5-7-14/h3-8,15H,9-12H2,1-2H3/t15-,18-/m1/s1. The fraction of sp³-hybridized carbons (Fsp3) is 0.474. The summed E-state index contributed by atoms with van der Waals surface area (Å²) >= 11 is 0. The Morgan fingerprint density at radius 1 is 1.15 bits per heavy atom. The molecule has 0 aromatic heterocycles. The van der Waals surface area contributed by atoms with Gasteiger partial charge < -0.3 is 14.2 Å². The third-order valence-corrected chi connectivity index (χ3v) is 4.50. The lowest BCUT2D eigenvalue weighted by Crippen LogP contribution is -2.52. The lowest BCUT2D eigenvalue weighted by molar-refractivity contribution is -0.278. The van der Waals surface area contributed by atoms with Gasteiger partial charge in [-0.15, -0.1) is 0 Å². The molecule has 1 aromatic rings. The summed E-state index contributed by atoms with van der Waals surface area (Å²) in [7, 11) is 2.11. The minimum Gasteiger partial charge on any atom is -0.469 e. The molecule has 1 aromatic carbocycles. The van der Waals surface area contributed by atoms with E-state index in [9.17, 15) is 22.8 Å². The van der Waals surface area contributed by atoms with Gasteiger partial charge in [-0.05, 0) is 12.8 Å². The predicted octanol–water partition coefficient (Wildman–Crippen LogP) is 3.68. The Morgan fingerprint density at radius 2 is 1.81 bits per heavy atom. The first kappa shape index (κ1) is 21.0. The molecule has 0 fully saturated rings. The Hall–Kier alpha value is -2.35. The molecule has 0 bridgehead atoms. The van der Waals surface area contributed by atoms with Crippen LogP contribution in [0.4, 0.5) is 13.2 Å². The number of hydrogen-bond acceptors (Lipinski definition) is 5. The first-order valence-corrected chi connectivity index (χ1v) is 8.37. The summed E-state index contributed by atoms with van der Waals surface area (Å²) in [4.78, 5) is 23.8. The predicted molar refractivity (Wildman–Crippen MR) is 89.6 cm³/mol. The number of alkyl halides is 3. The van der Waals surface area contributed by atoms with E-state index in [4.69, 9.17) is 9.47 Å². The number of methoxy groups -OCH3 is 2. The molecule has 5 nitrogen and oxygen atoms in total. The molecular formula is C19H21F3O5. The van der Waals surface area contributed by atoms with Crippen LogP contribution < -0.4 is 0 Å². The van der Waals surface area contributed by atoms with Crippen LogP contribution in [0, 0.1) is 0 Å². The quantitative estimate of drug-likeness (QED) is 0.551. The molecule has 2 atom stereocenters. The maximum absolute atomic E-state index is 13.8. The number of hydrogen-bond donors (Lipinski definition) is 0. The zero-order chi connectivity index (χ0) is 20.1. The van der Waals surface area contributed by atoms with E-state index in [1.165, 1.54) is 31.4 Å². The van der Waals surface area contributed by atoms with E-state index in [2.05, 4.69) is 4.74 Å². The summed E-state index contributed by atoms with van der Waals surface area (Å²) in [6.45, 7) is 0. The van der Waals surface area contributed by atoms with Crippen LogP contribution in [-0.2, 0) is 29.4 Å². The van der Waals surface area contributed by atoms with Crippen molar-refractivity contribution in [2.45, 2.75) is 43.6 Å². The van der Waals surface area contributed by atoms with E-state index in [1.807, 2.05) is 0 Å². The first-order valence-electron chi connectivity index (χ1n) is 8.37. The summed E-state index contributed by atoms with van der Waals surface area (Å²) in [6.07, 6.45) is -2.93. The maximum Gasteiger partial charge on any atom is 0.432 e. The molecule has 27 heavy (non-hydrogen) atoms. The lowest BCUT2D eigenvalue weighted by atomic mass is 9.91. The molecule has 0 N–H and O–H groups in total. The molecule has 0 spiro atoms. The SMILES string of the molecule is COC(=O)CC1=CC[C@@H](OC(=O)[C@](OC)(c2ccccc2)C(F)(F)F)CC1. The average molecular weight is 386 g/mol. The van der Waals surface area contributed by atoms with E-state index in [0.717, 1.165) is 12.7 Å². The van der Waals surface area contributed by atoms with Gasteiger partial charge in [-0.1, -0.05) is 42.0 Å². The summed E-state index contributed by atoms with van der Waals surface area (Å²) in [6, 6.07) is 6.68. The minimum absolute atomic E-state index is 0.117. The molecule has 0 saturated heterocycles. The van der Waals surface area contributed by atoms with Crippen LogP contribution in [0.25, 0.3) is 0 Å². The van der Waals surface area contributed by atoms with Crippen LogP contribution in [0.2, 0.25) is 0 Å². The van der Waals surface area contributed by atoms with E-state index in [-0.39, 0.29) is 18.4 Å². The van der Waals surface area contributed by atoms with Gasteiger partial charge >= 0.3 is 18.1 Å². The minimum atomic E-state index is -5.00. The van der Waals surface area contributed by atoms with Gasteiger partial charge in [0, 0.05) is 19.1 Å². The van der Waals surface area contributed by atoms with Crippen LogP contribution >= 0.6 is 0 Å². The topological polar surface area (TPSA) is 61.8 Å². The molecule has 0 saturated carbocycles. The second-order valence-electron chi connectivity index (χ2n) is 6.17. The Bertz CT molecular complexity index is 699. The second-order valence-corrected chi connectivity index (χ2v) is 6.17. The lowest BCUT2D eigenvalue weighted by Gasteiger charge is -2.34. The molecular weight excluding hydrogens is 365 g/mol. The number of halogens is 3. The first-order chi connectivity index (χ1) is 12.7. The van der Waals surface area contributed by atoms with Crippen molar-refractivity contribution in [1.82, 2.24) is 0 Å². The highest BCUT2D eigenvalue weighted by molar-refractivity contribution is 5.83. The van der Waals surface area contributed by atoms with Gasteiger partial charge in [-0.3, -0.25) is 4.79 Å². The highest BCUT2D eigenvalue weighted by Crippen LogP contribution is 2.43. The number of carbonyl (C=O) groups is 2. The Morgan fingerprint density at radius 3 is 2.30 bits per heavy atom. The Labute approximate surface area is 155 Å². The zero-order valence-electron chi connectivity index (χ0n) is 15.0. The number of ether oxygens (including phenoxy) is 3. The van der Waals surface area contributed by atoms with Gasteiger partial charge in [0.2, 0.25) is 0 Å². The molecule has 0 amide bonds. The molecule has 1 aliphatic carbocycles. The average Bonchev–Trinajstić information content (AvgIpc) is 2.64. The van der Waals surface area contributed by atoms with Crippen molar-refractivity contribution >= 4 is 11.9 Å². The van der Waals surface area contributed by atoms with Gasteiger partial charge in [0.25, 0.3) is 5.60 Å². The van der Waals surface area contributed by atoms with Crippen molar-refractivity contribution in [2.75, 3.05) is 14.2 Å². The number of carbonyl (C=O) groups excluding carboxylic acids is 2. The monoisotopic (exact) mass is 386 g/mol. The van der Waals surface area contributed by atoms with E-state index in [0.29, 0.717) is 12.8 Å². The molecule has 8 heteroatoms.